The molecule has 4 rings (SSSR count). The van der Waals surface area contributed by atoms with Gasteiger partial charge in [-0.25, -0.2) is 4.39 Å². The van der Waals surface area contributed by atoms with Gasteiger partial charge in [-0.05, 0) is 37.3 Å². The summed E-state index contributed by atoms with van der Waals surface area (Å²) in [5.74, 6) is 0.786. The number of amides is 1. The predicted octanol–water partition coefficient (Wildman–Crippen LogP) is 4.66. The van der Waals surface area contributed by atoms with Crippen LogP contribution >= 0.6 is 0 Å². The maximum atomic E-state index is 13.6. The number of carbonyl (C=O) groups excluding carboxylic acids is 1. The molecule has 0 bridgehead atoms. The van der Waals surface area contributed by atoms with Gasteiger partial charge in [0.15, 0.2) is 0 Å². The Bertz CT molecular complexity index is 1120. The summed E-state index contributed by atoms with van der Waals surface area (Å²) in [7, 11) is 0. The Balaban J connectivity index is 1.49. The molecule has 0 fully saturated rings. The minimum absolute atomic E-state index is 0.251. The van der Waals surface area contributed by atoms with Crippen molar-refractivity contribution in [3.8, 4) is 11.4 Å². The summed E-state index contributed by atoms with van der Waals surface area (Å²) in [6, 6.07) is 17.0. The van der Waals surface area contributed by atoms with Crippen LogP contribution < -0.4 is 0 Å². The summed E-state index contributed by atoms with van der Waals surface area (Å²) in [4.78, 5) is 19.0. The molecule has 0 saturated heterocycles. The first-order valence-corrected chi connectivity index (χ1v) is 9.55. The van der Waals surface area contributed by atoms with Crippen LogP contribution in [0.1, 0.15) is 27.6 Å². The SMILES string of the molecule is Cc1ccc(-c2noc(CCN(Cc3ccco3)C(=O)c3cccc(F)c3)n2)cc1. The van der Waals surface area contributed by atoms with Crippen LogP contribution in [0.15, 0.2) is 75.9 Å². The van der Waals surface area contributed by atoms with Crippen LogP contribution in [0.4, 0.5) is 4.39 Å². The predicted molar refractivity (Wildman–Crippen MR) is 108 cm³/mol. The molecule has 30 heavy (non-hydrogen) atoms. The number of aryl methyl sites for hydroxylation is 1. The van der Waals surface area contributed by atoms with Crippen molar-refractivity contribution in [2.75, 3.05) is 6.54 Å². The monoisotopic (exact) mass is 405 g/mol. The number of hydrogen-bond acceptors (Lipinski definition) is 5. The van der Waals surface area contributed by atoms with Crippen LogP contribution in [-0.2, 0) is 13.0 Å². The molecule has 0 N–H and O–H groups in total. The second-order valence-corrected chi connectivity index (χ2v) is 6.94. The van der Waals surface area contributed by atoms with Gasteiger partial charge in [0.25, 0.3) is 5.91 Å². The molecular formula is C23H20FN3O3. The van der Waals surface area contributed by atoms with Gasteiger partial charge in [-0.2, -0.15) is 4.98 Å². The van der Waals surface area contributed by atoms with E-state index in [1.165, 1.54) is 18.2 Å². The summed E-state index contributed by atoms with van der Waals surface area (Å²) in [5.41, 5.74) is 2.28. The number of carbonyl (C=O) groups is 1. The number of hydrogen-bond donors (Lipinski definition) is 0. The minimum atomic E-state index is -0.460. The van der Waals surface area contributed by atoms with E-state index in [-0.39, 0.29) is 18.0 Å². The molecule has 0 radical (unpaired) electrons. The molecule has 7 heteroatoms. The van der Waals surface area contributed by atoms with E-state index >= 15 is 0 Å². The normalized spacial score (nSPS) is 10.9. The second-order valence-electron chi connectivity index (χ2n) is 6.94. The van der Waals surface area contributed by atoms with Crippen molar-refractivity contribution in [1.82, 2.24) is 15.0 Å². The van der Waals surface area contributed by atoms with Crippen molar-refractivity contribution < 1.29 is 18.1 Å². The van der Waals surface area contributed by atoms with Gasteiger partial charge in [0.1, 0.15) is 11.6 Å². The third kappa shape index (κ3) is 4.63. The fraction of sp³-hybridized carbons (Fsp3) is 0.174. The summed E-state index contributed by atoms with van der Waals surface area (Å²) in [6.45, 7) is 2.57. The standard InChI is InChI=1S/C23H20FN3O3/c1-16-7-9-17(10-8-16)22-25-21(30-26-22)11-12-27(15-20-6-3-13-29-20)23(28)18-4-2-5-19(24)14-18/h2-10,13-14H,11-12,15H2,1H3. The molecule has 152 valence electrons. The van der Waals surface area contributed by atoms with Gasteiger partial charge >= 0.3 is 0 Å². The van der Waals surface area contributed by atoms with E-state index < -0.39 is 5.82 Å². The van der Waals surface area contributed by atoms with Crippen molar-refractivity contribution in [3.63, 3.8) is 0 Å². The molecule has 0 atom stereocenters. The highest BCUT2D eigenvalue weighted by Gasteiger charge is 2.19. The summed E-state index contributed by atoms with van der Waals surface area (Å²) < 4.78 is 24.3. The molecular weight excluding hydrogens is 385 g/mol. The number of nitrogens with zero attached hydrogens (tertiary/aromatic N) is 3. The Morgan fingerprint density at radius 2 is 1.93 bits per heavy atom. The molecule has 0 aliphatic heterocycles. The van der Waals surface area contributed by atoms with Crippen LogP contribution in [-0.4, -0.2) is 27.5 Å². The largest absolute Gasteiger partial charge is 0.467 e. The van der Waals surface area contributed by atoms with Gasteiger partial charge in [-0.1, -0.05) is 41.1 Å². The molecule has 0 unspecified atom stereocenters. The second kappa shape index (κ2) is 8.73. The van der Waals surface area contributed by atoms with Crippen molar-refractivity contribution >= 4 is 5.91 Å². The fourth-order valence-electron chi connectivity index (χ4n) is 3.05. The van der Waals surface area contributed by atoms with Crippen molar-refractivity contribution in [2.45, 2.75) is 19.9 Å². The maximum Gasteiger partial charge on any atom is 0.254 e. The van der Waals surface area contributed by atoms with E-state index in [0.717, 1.165) is 11.1 Å². The third-order valence-electron chi connectivity index (χ3n) is 4.66. The zero-order chi connectivity index (χ0) is 20.9. The lowest BCUT2D eigenvalue weighted by atomic mass is 10.1. The number of halogens is 1. The van der Waals surface area contributed by atoms with Gasteiger partial charge in [0, 0.05) is 24.1 Å². The number of aromatic nitrogens is 2. The Morgan fingerprint density at radius 3 is 2.67 bits per heavy atom. The first-order valence-electron chi connectivity index (χ1n) is 9.55. The topological polar surface area (TPSA) is 72.4 Å². The number of rotatable bonds is 7. The molecule has 4 aromatic rings. The zero-order valence-electron chi connectivity index (χ0n) is 16.4. The molecule has 0 spiro atoms. The number of furan rings is 1. The van der Waals surface area contributed by atoms with E-state index in [4.69, 9.17) is 8.94 Å². The lowest BCUT2D eigenvalue weighted by Crippen LogP contribution is -2.32. The fourth-order valence-corrected chi connectivity index (χ4v) is 3.05. The first-order chi connectivity index (χ1) is 14.6. The summed E-state index contributed by atoms with van der Waals surface area (Å²) in [5, 5.41) is 4.03. The first kappa shape index (κ1) is 19.6. The average Bonchev–Trinajstić information content (AvgIpc) is 3.43. The van der Waals surface area contributed by atoms with E-state index in [0.29, 0.717) is 30.4 Å². The molecule has 2 aromatic carbocycles. The smallest absolute Gasteiger partial charge is 0.254 e. The molecule has 6 nitrogen and oxygen atoms in total. The highest BCUT2D eigenvalue weighted by atomic mass is 19.1. The Morgan fingerprint density at radius 1 is 1.10 bits per heavy atom. The van der Waals surface area contributed by atoms with Crippen molar-refractivity contribution in [3.05, 3.63) is 95.5 Å². The Hall–Kier alpha value is -3.74. The van der Waals surface area contributed by atoms with Crippen molar-refractivity contribution in [1.29, 1.82) is 0 Å². The lowest BCUT2D eigenvalue weighted by molar-refractivity contribution is 0.0729. The summed E-state index contributed by atoms with van der Waals surface area (Å²) in [6.07, 6.45) is 1.91. The van der Waals surface area contributed by atoms with Gasteiger partial charge in [-0.3, -0.25) is 4.79 Å². The van der Waals surface area contributed by atoms with E-state index in [2.05, 4.69) is 10.1 Å². The number of benzene rings is 2. The van der Waals surface area contributed by atoms with Crippen LogP contribution in [0, 0.1) is 12.7 Å². The maximum absolute atomic E-state index is 13.6. The van der Waals surface area contributed by atoms with E-state index in [1.54, 1.807) is 29.4 Å². The van der Waals surface area contributed by atoms with E-state index in [1.807, 2.05) is 31.2 Å². The highest BCUT2D eigenvalue weighted by Crippen LogP contribution is 2.17. The van der Waals surface area contributed by atoms with Gasteiger partial charge in [-0.15, -0.1) is 0 Å². The van der Waals surface area contributed by atoms with Crippen LogP contribution in [0.3, 0.4) is 0 Å². The molecule has 1 amide bonds. The van der Waals surface area contributed by atoms with Crippen LogP contribution in [0.2, 0.25) is 0 Å². The van der Waals surface area contributed by atoms with Crippen LogP contribution in [0.5, 0.6) is 0 Å². The zero-order valence-corrected chi connectivity index (χ0v) is 16.4. The van der Waals surface area contributed by atoms with Gasteiger partial charge in [0.05, 0.1) is 12.8 Å². The molecule has 0 aliphatic carbocycles. The van der Waals surface area contributed by atoms with E-state index in [9.17, 15) is 9.18 Å². The Labute approximate surface area is 172 Å². The molecule has 0 saturated carbocycles. The highest BCUT2D eigenvalue weighted by molar-refractivity contribution is 5.94. The molecule has 2 aromatic heterocycles. The average molecular weight is 405 g/mol. The van der Waals surface area contributed by atoms with Crippen LogP contribution in [0.25, 0.3) is 11.4 Å². The third-order valence-corrected chi connectivity index (χ3v) is 4.66. The summed E-state index contributed by atoms with van der Waals surface area (Å²) >= 11 is 0. The Kier molecular flexibility index (Phi) is 5.70. The quantitative estimate of drug-likeness (QED) is 0.447. The van der Waals surface area contributed by atoms with Gasteiger partial charge < -0.3 is 13.8 Å². The molecule has 2 heterocycles. The minimum Gasteiger partial charge on any atom is -0.467 e. The van der Waals surface area contributed by atoms with Crippen molar-refractivity contribution in [2.24, 2.45) is 0 Å². The lowest BCUT2D eigenvalue weighted by Gasteiger charge is -2.21. The van der Waals surface area contributed by atoms with Gasteiger partial charge in [0.2, 0.25) is 11.7 Å². The molecule has 0 aliphatic rings.